The Morgan fingerprint density at radius 1 is 1.35 bits per heavy atom. The lowest BCUT2D eigenvalue weighted by Crippen LogP contribution is -2.74. The van der Waals surface area contributed by atoms with Gasteiger partial charge in [-0.1, -0.05) is 26.8 Å². The molecule has 1 aliphatic carbocycles. The zero-order valence-electron chi connectivity index (χ0n) is 15.5. The molecule has 0 bridgehead atoms. The number of halogens is 1. The van der Waals surface area contributed by atoms with Crippen LogP contribution < -0.4 is 16.2 Å². The van der Waals surface area contributed by atoms with Crippen molar-refractivity contribution in [3.05, 3.63) is 23.8 Å². The van der Waals surface area contributed by atoms with Gasteiger partial charge in [-0.3, -0.25) is 4.79 Å². The molecule has 1 amide bonds. The molecule has 9 heteroatoms. The number of ether oxygens (including phenoxy) is 1. The minimum atomic E-state index is -3.87. The molecule has 1 aliphatic rings. The van der Waals surface area contributed by atoms with Crippen molar-refractivity contribution >= 4 is 34.0 Å². The molecule has 1 fully saturated rings. The topological polar surface area (TPSA) is 125 Å². The van der Waals surface area contributed by atoms with Crippen LogP contribution in [0.3, 0.4) is 0 Å². The Balaban J connectivity index is 0.00000338. The molecule has 7 nitrogen and oxygen atoms in total. The van der Waals surface area contributed by atoms with Crippen molar-refractivity contribution < 1.29 is 17.9 Å². The van der Waals surface area contributed by atoms with E-state index in [1.165, 1.54) is 6.07 Å². The summed E-state index contributed by atoms with van der Waals surface area (Å²) in [6, 6.07) is 4.68. The third kappa shape index (κ3) is 3.89. The molecule has 2 atom stereocenters. The van der Waals surface area contributed by atoms with Crippen LogP contribution >= 0.6 is 12.4 Å². The van der Waals surface area contributed by atoms with Crippen LogP contribution in [0.4, 0.5) is 5.69 Å². The maximum absolute atomic E-state index is 12.7. The number of hydrogen-bond acceptors (Lipinski definition) is 5. The van der Waals surface area contributed by atoms with Crippen LogP contribution in [0.2, 0.25) is 0 Å². The number of rotatable bonds is 6. The second-order valence-corrected chi connectivity index (χ2v) is 8.55. The van der Waals surface area contributed by atoms with Gasteiger partial charge in [-0.05, 0) is 31.0 Å². The monoisotopic (exact) mass is 405 g/mol. The zero-order valence-corrected chi connectivity index (χ0v) is 17.2. The van der Waals surface area contributed by atoms with Gasteiger partial charge in [-0.2, -0.15) is 0 Å². The lowest BCUT2D eigenvalue weighted by atomic mass is 9.54. The van der Waals surface area contributed by atoms with Crippen LogP contribution in [0.15, 0.2) is 23.1 Å². The molecule has 0 aliphatic heterocycles. The number of hydrogen-bond donors (Lipinski definition) is 3. The number of nitrogens with one attached hydrogen (secondary N) is 1. The SMILES string of the molecule is CCOC1CC(N)(C(=O)Nc2ccc(CC)c(S(N)(=O)=O)c2)C1(C)C.Cl. The van der Waals surface area contributed by atoms with E-state index in [4.69, 9.17) is 15.6 Å². The Bertz CT molecular complexity index is 782. The van der Waals surface area contributed by atoms with Crippen LogP contribution in [0.1, 0.15) is 39.7 Å². The molecule has 26 heavy (non-hydrogen) atoms. The van der Waals surface area contributed by atoms with Crippen molar-refractivity contribution in [2.45, 2.75) is 57.1 Å². The van der Waals surface area contributed by atoms with Gasteiger partial charge in [0.05, 0.1) is 11.0 Å². The van der Waals surface area contributed by atoms with Crippen LogP contribution in [-0.4, -0.2) is 32.6 Å². The number of anilines is 1. The summed E-state index contributed by atoms with van der Waals surface area (Å²) in [7, 11) is -3.87. The third-order valence-electron chi connectivity index (χ3n) is 5.25. The first-order chi connectivity index (χ1) is 11.5. The average Bonchev–Trinajstić information content (AvgIpc) is 2.53. The van der Waals surface area contributed by atoms with Crippen LogP contribution in [-0.2, 0) is 26.0 Å². The fourth-order valence-electron chi connectivity index (χ4n) is 3.25. The number of amides is 1. The van der Waals surface area contributed by atoms with Crippen molar-refractivity contribution in [3.63, 3.8) is 0 Å². The van der Waals surface area contributed by atoms with Crippen molar-refractivity contribution in [2.75, 3.05) is 11.9 Å². The molecule has 1 saturated carbocycles. The number of primary sulfonamides is 1. The Kier molecular flexibility index (Phi) is 6.87. The summed E-state index contributed by atoms with van der Waals surface area (Å²) in [6.45, 7) is 8.08. The second kappa shape index (κ2) is 7.82. The maximum atomic E-state index is 12.7. The average molecular weight is 406 g/mol. The fourth-order valence-corrected chi connectivity index (χ4v) is 4.12. The molecule has 5 N–H and O–H groups in total. The zero-order chi connectivity index (χ0) is 19.0. The fraction of sp³-hybridized carbons (Fsp3) is 0.588. The number of carbonyl (C=O) groups is 1. The smallest absolute Gasteiger partial charge is 0.245 e. The number of benzene rings is 1. The number of aryl methyl sites for hydroxylation is 1. The van der Waals surface area contributed by atoms with E-state index in [0.717, 1.165) is 0 Å². The first-order valence-electron chi connectivity index (χ1n) is 8.35. The molecular weight excluding hydrogens is 378 g/mol. The number of sulfonamides is 1. The van der Waals surface area contributed by atoms with E-state index in [0.29, 0.717) is 30.7 Å². The van der Waals surface area contributed by atoms with E-state index in [-0.39, 0.29) is 29.3 Å². The maximum Gasteiger partial charge on any atom is 0.245 e. The molecule has 0 heterocycles. The predicted octanol–water partition coefficient (Wildman–Crippen LogP) is 1.79. The summed E-state index contributed by atoms with van der Waals surface area (Å²) in [5.41, 5.74) is 5.68. The number of carbonyl (C=O) groups excluding carboxylic acids is 1. The van der Waals surface area contributed by atoms with E-state index in [1.54, 1.807) is 12.1 Å². The molecule has 2 unspecified atom stereocenters. The van der Waals surface area contributed by atoms with Gasteiger partial charge in [-0.25, -0.2) is 13.6 Å². The quantitative estimate of drug-likeness (QED) is 0.665. The van der Waals surface area contributed by atoms with Gasteiger partial charge in [0.2, 0.25) is 15.9 Å². The van der Waals surface area contributed by atoms with Crippen molar-refractivity contribution in [2.24, 2.45) is 16.3 Å². The van der Waals surface area contributed by atoms with E-state index in [9.17, 15) is 13.2 Å². The molecule has 1 aromatic carbocycles. The minimum absolute atomic E-state index is 0. The van der Waals surface area contributed by atoms with Crippen molar-refractivity contribution in [1.82, 2.24) is 0 Å². The Labute approximate surface area is 161 Å². The third-order valence-corrected chi connectivity index (χ3v) is 6.24. The highest BCUT2D eigenvalue weighted by atomic mass is 35.5. The molecular formula is C17H28ClN3O4S. The molecule has 0 spiro atoms. The normalized spacial score (nSPS) is 24.3. The highest BCUT2D eigenvalue weighted by Gasteiger charge is 2.62. The van der Waals surface area contributed by atoms with Crippen molar-refractivity contribution in [3.8, 4) is 0 Å². The first-order valence-corrected chi connectivity index (χ1v) is 9.89. The molecule has 1 aromatic rings. The van der Waals surface area contributed by atoms with Crippen molar-refractivity contribution in [1.29, 1.82) is 0 Å². The molecule has 0 saturated heterocycles. The minimum Gasteiger partial charge on any atom is -0.378 e. The Morgan fingerprint density at radius 3 is 2.42 bits per heavy atom. The molecule has 0 aromatic heterocycles. The van der Waals surface area contributed by atoms with Gasteiger partial charge in [0.15, 0.2) is 0 Å². The summed E-state index contributed by atoms with van der Waals surface area (Å²) >= 11 is 0. The predicted molar refractivity (Wildman–Crippen MR) is 104 cm³/mol. The summed E-state index contributed by atoms with van der Waals surface area (Å²) < 4.78 is 29.1. The summed E-state index contributed by atoms with van der Waals surface area (Å²) in [4.78, 5) is 12.7. The van der Waals surface area contributed by atoms with Crippen LogP contribution in [0, 0.1) is 5.41 Å². The van der Waals surface area contributed by atoms with Gasteiger partial charge in [0.25, 0.3) is 0 Å². The largest absolute Gasteiger partial charge is 0.378 e. The second-order valence-electron chi connectivity index (χ2n) is 7.02. The van der Waals surface area contributed by atoms with E-state index in [2.05, 4.69) is 5.32 Å². The van der Waals surface area contributed by atoms with Gasteiger partial charge in [-0.15, -0.1) is 12.4 Å². The molecule has 148 valence electrons. The molecule has 0 radical (unpaired) electrons. The van der Waals surface area contributed by atoms with Gasteiger partial charge < -0.3 is 15.8 Å². The van der Waals surface area contributed by atoms with E-state index < -0.39 is 21.0 Å². The summed E-state index contributed by atoms with van der Waals surface area (Å²) in [6.07, 6.45) is 0.842. The highest BCUT2D eigenvalue weighted by molar-refractivity contribution is 7.89. The highest BCUT2D eigenvalue weighted by Crippen LogP contribution is 2.50. The van der Waals surface area contributed by atoms with E-state index >= 15 is 0 Å². The lowest BCUT2D eigenvalue weighted by Gasteiger charge is -2.57. The van der Waals surface area contributed by atoms with Gasteiger partial charge >= 0.3 is 0 Å². The summed E-state index contributed by atoms with van der Waals surface area (Å²) in [5, 5.41) is 8.00. The Hall–Kier alpha value is -1.19. The first kappa shape index (κ1) is 22.9. The van der Waals surface area contributed by atoms with Gasteiger partial charge in [0, 0.05) is 24.1 Å². The lowest BCUT2D eigenvalue weighted by molar-refractivity contribution is -0.166. The van der Waals surface area contributed by atoms with Gasteiger partial charge in [0.1, 0.15) is 5.54 Å². The summed E-state index contributed by atoms with van der Waals surface area (Å²) in [5.74, 6) is -0.363. The standard InChI is InChI=1S/C17H27N3O4S.ClH/c1-5-11-7-8-12(9-13(11)25(19,22)23)20-15(21)17(18)10-14(24-6-2)16(17,3)4;/h7-9,14H,5-6,10,18H2,1-4H3,(H,20,21)(H2,19,22,23);1H. The van der Waals surface area contributed by atoms with E-state index in [1.807, 2.05) is 27.7 Å². The molecule has 2 rings (SSSR count). The van der Waals surface area contributed by atoms with Crippen LogP contribution in [0.25, 0.3) is 0 Å². The van der Waals surface area contributed by atoms with Crippen LogP contribution in [0.5, 0.6) is 0 Å². The number of nitrogens with two attached hydrogens (primary N) is 2. The Morgan fingerprint density at radius 2 is 1.96 bits per heavy atom.